The molecule has 0 saturated heterocycles. The standard InChI is InChI=1S/C49H32N2/c1-3-14-38-30(10-1)28-44(42-18-7-5-16-40(38)42)32-20-22-46-36(24-32)26-34-12-9-13-35-27-37-25-33(21-23-47(37)51-49(35)48(34)50-46)45-29-31-11-2-4-15-39(31)41-17-6-8-19-43(41)45/h1-8,10-11,14-29H,9,12-13H2. The zero-order valence-corrected chi connectivity index (χ0v) is 28.0. The molecule has 8 aromatic carbocycles. The van der Waals surface area contributed by atoms with Crippen LogP contribution in [0, 0.1) is 0 Å². The van der Waals surface area contributed by atoms with Crippen molar-refractivity contribution in [2.24, 2.45) is 0 Å². The molecule has 0 saturated carbocycles. The van der Waals surface area contributed by atoms with Crippen molar-refractivity contribution in [3.05, 3.63) is 169 Å². The molecule has 2 heterocycles. The van der Waals surface area contributed by atoms with Gasteiger partial charge < -0.3 is 0 Å². The molecule has 0 atom stereocenters. The van der Waals surface area contributed by atoms with Crippen molar-refractivity contribution >= 4 is 64.9 Å². The molecule has 1 aliphatic rings. The Balaban J connectivity index is 1.03. The summed E-state index contributed by atoms with van der Waals surface area (Å²) in [6.45, 7) is 0. The summed E-state index contributed by atoms with van der Waals surface area (Å²) in [4.78, 5) is 10.7. The van der Waals surface area contributed by atoms with Gasteiger partial charge in [0.25, 0.3) is 0 Å². The van der Waals surface area contributed by atoms with Crippen molar-refractivity contribution in [2.45, 2.75) is 19.3 Å². The van der Waals surface area contributed by atoms with Gasteiger partial charge in [-0.1, -0.05) is 109 Å². The molecule has 0 unspecified atom stereocenters. The summed E-state index contributed by atoms with van der Waals surface area (Å²) in [5, 5.41) is 12.6. The first kappa shape index (κ1) is 28.5. The van der Waals surface area contributed by atoms with E-state index in [1.807, 2.05) is 0 Å². The van der Waals surface area contributed by atoms with Gasteiger partial charge in [-0.15, -0.1) is 0 Å². The minimum absolute atomic E-state index is 0.989. The third-order valence-electron chi connectivity index (χ3n) is 11.1. The van der Waals surface area contributed by atoms with E-state index in [1.165, 1.54) is 87.2 Å². The van der Waals surface area contributed by atoms with Crippen molar-refractivity contribution in [2.75, 3.05) is 0 Å². The number of benzene rings is 8. The molecule has 0 spiro atoms. The molecular formula is C49H32N2. The average molecular weight is 649 g/mol. The Kier molecular flexibility index (Phi) is 6.17. The highest BCUT2D eigenvalue weighted by atomic mass is 14.8. The van der Waals surface area contributed by atoms with Gasteiger partial charge >= 0.3 is 0 Å². The largest absolute Gasteiger partial charge is 0.246 e. The lowest BCUT2D eigenvalue weighted by Gasteiger charge is -2.14. The van der Waals surface area contributed by atoms with Crippen LogP contribution in [-0.4, -0.2) is 9.97 Å². The van der Waals surface area contributed by atoms with Crippen molar-refractivity contribution < 1.29 is 0 Å². The van der Waals surface area contributed by atoms with E-state index in [9.17, 15) is 0 Å². The Morgan fingerprint density at radius 2 is 0.745 bits per heavy atom. The Bertz CT molecular complexity index is 2860. The molecule has 238 valence electrons. The summed E-state index contributed by atoms with van der Waals surface area (Å²) in [6.07, 6.45) is 3.05. The summed E-state index contributed by atoms with van der Waals surface area (Å²) in [5.74, 6) is 0. The first-order valence-electron chi connectivity index (χ1n) is 17.9. The van der Waals surface area contributed by atoms with Crippen molar-refractivity contribution in [1.29, 1.82) is 0 Å². The SMILES string of the molecule is c1ccc2c(c1)cc(-c1ccc3nc4c(cc3c1)CCCc1cc3cc(-c5cc6ccccc6c6ccccc56)ccc3nc1-4)c1ccccc12. The maximum atomic E-state index is 5.34. The van der Waals surface area contributed by atoms with Crippen molar-refractivity contribution in [3.63, 3.8) is 0 Å². The normalized spacial score (nSPS) is 12.9. The summed E-state index contributed by atoms with van der Waals surface area (Å²) >= 11 is 0. The molecule has 10 aromatic rings. The van der Waals surface area contributed by atoms with Gasteiger partial charge in [0.05, 0.1) is 22.4 Å². The second kappa shape index (κ2) is 11.1. The quantitative estimate of drug-likeness (QED) is 0.174. The number of pyridine rings is 2. The summed E-state index contributed by atoms with van der Waals surface area (Å²) in [6, 6.07) is 57.9. The lowest BCUT2D eigenvalue weighted by atomic mass is 9.92. The monoisotopic (exact) mass is 648 g/mol. The van der Waals surface area contributed by atoms with Crippen LogP contribution in [0.2, 0.25) is 0 Å². The lowest BCUT2D eigenvalue weighted by molar-refractivity contribution is 0.834. The van der Waals surface area contributed by atoms with E-state index in [4.69, 9.17) is 9.97 Å². The van der Waals surface area contributed by atoms with E-state index in [0.717, 1.165) is 41.7 Å². The fourth-order valence-corrected chi connectivity index (χ4v) is 8.62. The van der Waals surface area contributed by atoms with Gasteiger partial charge in [0.1, 0.15) is 0 Å². The highest BCUT2D eigenvalue weighted by Crippen LogP contribution is 2.40. The fraction of sp³-hybridized carbons (Fsp3) is 0.0612. The van der Waals surface area contributed by atoms with Crippen molar-refractivity contribution in [1.82, 2.24) is 9.97 Å². The average Bonchev–Trinajstić information content (AvgIpc) is 3.36. The van der Waals surface area contributed by atoms with Crippen LogP contribution in [0.5, 0.6) is 0 Å². The smallest absolute Gasteiger partial charge is 0.0928 e. The maximum absolute atomic E-state index is 5.34. The van der Waals surface area contributed by atoms with Crippen LogP contribution < -0.4 is 0 Å². The predicted molar refractivity (Wildman–Crippen MR) is 215 cm³/mol. The van der Waals surface area contributed by atoms with Crippen LogP contribution in [0.15, 0.2) is 158 Å². The first-order chi connectivity index (χ1) is 25.2. The number of hydrogen-bond donors (Lipinski definition) is 0. The zero-order chi connectivity index (χ0) is 33.5. The van der Waals surface area contributed by atoms with E-state index < -0.39 is 0 Å². The zero-order valence-electron chi connectivity index (χ0n) is 28.0. The van der Waals surface area contributed by atoms with Gasteiger partial charge in [-0.25, -0.2) is 9.97 Å². The van der Waals surface area contributed by atoms with E-state index in [-0.39, 0.29) is 0 Å². The summed E-state index contributed by atoms with van der Waals surface area (Å²) in [5.41, 5.74) is 11.6. The van der Waals surface area contributed by atoms with Gasteiger partial charge in [0.15, 0.2) is 0 Å². The fourth-order valence-electron chi connectivity index (χ4n) is 8.62. The van der Waals surface area contributed by atoms with Crippen LogP contribution in [0.1, 0.15) is 17.5 Å². The minimum atomic E-state index is 0.989. The summed E-state index contributed by atoms with van der Waals surface area (Å²) < 4.78 is 0. The molecule has 11 rings (SSSR count). The van der Waals surface area contributed by atoms with E-state index in [1.54, 1.807) is 0 Å². The first-order valence-corrected chi connectivity index (χ1v) is 17.9. The second-order valence-electron chi connectivity index (χ2n) is 14.0. The topological polar surface area (TPSA) is 25.8 Å². The number of hydrogen-bond acceptors (Lipinski definition) is 2. The van der Waals surface area contributed by atoms with E-state index >= 15 is 0 Å². The highest BCUT2D eigenvalue weighted by molar-refractivity contribution is 6.15. The molecule has 0 radical (unpaired) electrons. The highest BCUT2D eigenvalue weighted by Gasteiger charge is 2.20. The molecular weight excluding hydrogens is 617 g/mol. The van der Waals surface area contributed by atoms with Gasteiger partial charge in [0.2, 0.25) is 0 Å². The number of aromatic nitrogens is 2. The molecule has 51 heavy (non-hydrogen) atoms. The molecule has 0 amide bonds. The molecule has 0 fully saturated rings. The van der Waals surface area contributed by atoms with Gasteiger partial charge in [-0.05, 0) is 144 Å². The third-order valence-corrected chi connectivity index (χ3v) is 11.1. The number of nitrogens with zero attached hydrogens (tertiary/aromatic N) is 2. The third kappa shape index (κ3) is 4.50. The molecule has 0 bridgehead atoms. The minimum Gasteiger partial charge on any atom is -0.246 e. The van der Waals surface area contributed by atoms with E-state index in [0.29, 0.717) is 0 Å². The van der Waals surface area contributed by atoms with Crippen LogP contribution >= 0.6 is 0 Å². The Morgan fingerprint density at radius 3 is 1.22 bits per heavy atom. The van der Waals surface area contributed by atoms with Gasteiger partial charge in [-0.2, -0.15) is 0 Å². The maximum Gasteiger partial charge on any atom is 0.0928 e. The Morgan fingerprint density at radius 1 is 0.333 bits per heavy atom. The summed E-state index contributed by atoms with van der Waals surface area (Å²) in [7, 11) is 0. The van der Waals surface area contributed by atoms with Crippen LogP contribution in [0.3, 0.4) is 0 Å². The number of aryl methyl sites for hydroxylation is 2. The molecule has 0 aliphatic heterocycles. The Labute approximate surface area is 295 Å². The van der Waals surface area contributed by atoms with Crippen LogP contribution in [0.4, 0.5) is 0 Å². The molecule has 2 aromatic heterocycles. The van der Waals surface area contributed by atoms with Gasteiger partial charge in [0, 0.05) is 10.8 Å². The molecule has 2 heteroatoms. The molecule has 2 nitrogen and oxygen atoms in total. The Hall–Kier alpha value is -6.38. The van der Waals surface area contributed by atoms with Crippen molar-refractivity contribution in [3.8, 4) is 33.6 Å². The second-order valence-corrected chi connectivity index (χ2v) is 14.0. The van der Waals surface area contributed by atoms with Crippen LogP contribution in [0.25, 0.3) is 98.5 Å². The lowest BCUT2D eigenvalue weighted by Crippen LogP contribution is -1.97. The number of fused-ring (bicyclic) bond motifs is 11. The van der Waals surface area contributed by atoms with E-state index in [2.05, 4.69) is 158 Å². The van der Waals surface area contributed by atoms with Crippen LogP contribution in [-0.2, 0) is 12.8 Å². The molecule has 0 N–H and O–H groups in total. The van der Waals surface area contributed by atoms with Gasteiger partial charge in [-0.3, -0.25) is 0 Å². The predicted octanol–water partition coefficient (Wildman–Crippen LogP) is 12.9. The number of rotatable bonds is 2. The molecule has 1 aliphatic carbocycles.